The number of nitrogen functional groups attached to an aromatic ring is 1. The van der Waals surface area contributed by atoms with Crippen LogP contribution in [0.3, 0.4) is 0 Å². The van der Waals surface area contributed by atoms with Crippen molar-refractivity contribution in [1.82, 2.24) is 0 Å². The lowest BCUT2D eigenvalue weighted by Gasteiger charge is -2.09. The summed E-state index contributed by atoms with van der Waals surface area (Å²) in [5.74, 6) is -0.725. The fraction of sp³-hybridized carbons (Fsp3) is 0.0769. The summed E-state index contributed by atoms with van der Waals surface area (Å²) in [5, 5.41) is 0. The standard InChI is InChI=1S/C13H13FN2O2S/c14-12-7-6-11(8-13(12)15)16-19(17,18)9-10-4-2-1-3-5-10/h1-8,16H,9,15H2. The van der Waals surface area contributed by atoms with Crippen molar-refractivity contribution < 1.29 is 12.8 Å². The van der Waals surface area contributed by atoms with Crippen LogP contribution in [0.25, 0.3) is 0 Å². The van der Waals surface area contributed by atoms with Gasteiger partial charge in [0.25, 0.3) is 0 Å². The molecule has 0 aromatic heterocycles. The Balaban J connectivity index is 2.15. The Hall–Kier alpha value is -2.08. The number of hydrogen-bond donors (Lipinski definition) is 2. The summed E-state index contributed by atoms with van der Waals surface area (Å²) in [4.78, 5) is 0. The van der Waals surface area contributed by atoms with Crippen LogP contribution in [0.1, 0.15) is 5.56 Å². The fourth-order valence-corrected chi connectivity index (χ4v) is 2.81. The van der Waals surface area contributed by atoms with E-state index in [1.807, 2.05) is 6.07 Å². The van der Waals surface area contributed by atoms with E-state index in [2.05, 4.69) is 4.72 Å². The Morgan fingerprint density at radius 1 is 1.11 bits per heavy atom. The minimum atomic E-state index is -3.55. The Morgan fingerprint density at radius 2 is 1.79 bits per heavy atom. The topological polar surface area (TPSA) is 72.2 Å². The lowest BCUT2D eigenvalue weighted by molar-refractivity contribution is 0.600. The SMILES string of the molecule is Nc1cc(NS(=O)(=O)Cc2ccccc2)ccc1F. The second kappa shape index (κ2) is 5.27. The zero-order valence-corrected chi connectivity index (χ0v) is 10.8. The minimum absolute atomic E-state index is 0.0973. The maximum absolute atomic E-state index is 13.0. The third-order valence-electron chi connectivity index (χ3n) is 2.47. The highest BCUT2D eigenvalue weighted by molar-refractivity contribution is 7.91. The first-order valence-corrected chi connectivity index (χ1v) is 7.21. The summed E-state index contributed by atoms with van der Waals surface area (Å²) in [6.07, 6.45) is 0. The van der Waals surface area contributed by atoms with Crippen molar-refractivity contribution in [2.45, 2.75) is 5.75 Å². The lowest BCUT2D eigenvalue weighted by Crippen LogP contribution is -2.15. The van der Waals surface area contributed by atoms with Crippen LogP contribution in [0.2, 0.25) is 0 Å². The second-order valence-electron chi connectivity index (χ2n) is 4.08. The number of anilines is 2. The zero-order chi connectivity index (χ0) is 13.9. The van der Waals surface area contributed by atoms with Gasteiger partial charge in [-0.15, -0.1) is 0 Å². The number of sulfonamides is 1. The van der Waals surface area contributed by atoms with E-state index in [4.69, 9.17) is 5.73 Å². The monoisotopic (exact) mass is 280 g/mol. The molecule has 4 nitrogen and oxygen atoms in total. The van der Waals surface area contributed by atoms with Gasteiger partial charge in [-0.25, -0.2) is 12.8 Å². The van der Waals surface area contributed by atoms with Gasteiger partial charge in [0, 0.05) is 0 Å². The average Bonchev–Trinajstić information content (AvgIpc) is 2.34. The largest absolute Gasteiger partial charge is 0.396 e. The van der Waals surface area contributed by atoms with Crippen molar-refractivity contribution >= 4 is 21.4 Å². The molecule has 0 saturated carbocycles. The van der Waals surface area contributed by atoms with Crippen LogP contribution in [0.5, 0.6) is 0 Å². The molecule has 2 rings (SSSR count). The molecule has 0 radical (unpaired) electrons. The predicted octanol–water partition coefficient (Wildman–Crippen LogP) is 2.35. The van der Waals surface area contributed by atoms with Gasteiger partial charge >= 0.3 is 0 Å². The molecule has 0 spiro atoms. The van der Waals surface area contributed by atoms with E-state index in [0.29, 0.717) is 5.56 Å². The van der Waals surface area contributed by atoms with E-state index in [1.54, 1.807) is 24.3 Å². The van der Waals surface area contributed by atoms with Crippen LogP contribution < -0.4 is 10.5 Å². The third-order valence-corrected chi connectivity index (χ3v) is 3.73. The quantitative estimate of drug-likeness (QED) is 0.844. The summed E-state index contributed by atoms with van der Waals surface area (Å²) in [5.41, 5.74) is 6.20. The second-order valence-corrected chi connectivity index (χ2v) is 5.81. The van der Waals surface area contributed by atoms with Crippen LogP contribution >= 0.6 is 0 Å². The maximum atomic E-state index is 13.0. The smallest absolute Gasteiger partial charge is 0.236 e. The molecular formula is C13H13FN2O2S. The molecule has 100 valence electrons. The van der Waals surface area contributed by atoms with E-state index in [9.17, 15) is 12.8 Å². The number of hydrogen-bond acceptors (Lipinski definition) is 3. The average molecular weight is 280 g/mol. The van der Waals surface area contributed by atoms with Gasteiger partial charge in [0.05, 0.1) is 17.1 Å². The molecule has 0 aliphatic heterocycles. The zero-order valence-electron chi connectivity index (χ0n) is 10.0. The highest BCUT2D eigenvalue weighted by Crippen LogP contribution is 2.18. The summed E-state index contributed by atoms with van der Waals surface area (Å²) in [6, 6.07) is 12.5. The summed E-state index contributed by atoms with van der Waals surface area (Å²) < 4.78 is 39.2. The molecule has 0 unspecified atom stereocenters. The van der Waals surface area contributed by atoms with Crippen LogP contribution in [0, 0.1) is 5.82 Å². The van der Waals surface area contributed by atoms with Crippen molar-refractivity contribution in [1.29, 1.82) is 0 Å². The van der Waals surface area contributed by atoms with E-state index >= 15 is 0 Å². The van der Waals surface area contributed by atoms with Crippen molar-refractivity contribution in [2.24, 2.45) is 0 Å². The van der Waals surface area contributed by atoms with Crippen molar-refractivity contribution in [2.75, 3.05) is 10.5 Å². The van der Waals surface area contributed by atoms with Crippen LogP contribution in [0.15, 0.2) is 48.5 Å². The van der Waals surface area contributed by atoms with Gasteiger partial charge in [-0.2, -0.15) is 0 Å². The molecule has 0 fully saturated rings. The van der Waals surface area contributed by atoms with Gasteiger partial charge in [-0.1, -0.05) is 30.3 Å². The molecule has 0 saturated heterocycles. The number of nitrogens with one attached hydrogen (secondary N) is 1. The molecule has 0 heterocycles. The lowest BCUT2D eigenvalue weighted by atomic mass is 10.2. The Kier molecular flexibility index (Phi) is 3.71. The van der Waals surface area contributed by atoms with Gasteiger partial charge in [0.1, 0.15) is 5.82 Å². The first-order chi connectivity index (χ1) is 8.96. The van der Waals surface area contributed by atoms with E-state index < -0.39 is 15.8 Å². The molecule has 0 aliphatic carbocycles. The predicted molar refractivity (Wildman–Crippen MR) is 73.5 cm³/mol. The Bertz CT molecular complexity index is 672. The Labute approximate surface area is 111 Å². The molecule has 3 N–H and O–H groups in total. The normalized spacial score (nSPS) is 11.2. The number of benzene rings is 2. The van der Waals surface area contributed by atoms with E-state index in [0.717, 1.165) is 6.07 Å². The molecular weight excluding hydrogens is 267 g/mol. The van der Waals surface area contributed by atoms with E-state index in [1.165, 1.54) is 12.1 Å². The molecule has 0 atom stereocenters. The fourth-order valence-electron chi connectivity index (χ4n) is 1.62. The molecule has 19 heavy (non-hydrogen) atoms. The number of rotatable bonds is 4. The van der Waals surface area contributed by atoms with Gasteiger partial charge < -0.3 is 5.73 Å². The number of nitrogens with two attached hydrogens (primary N) is 1. The summed E-state index contributed by atoms with van der Waals surface area (Å²) >= 11 is 0. The van der Waals surface area contributed by atoms with Crippen LogP contribution in [-0.2, 0) is 15.8 Å². The summed E-state index contributed by atoms with van der Waals surface area (Å²) in [7, 11) is -3.55. The Morgan fingerprint density at radius 3 is 2.42 bits per heavy atom. The summed E-state index contributed by atoms with van der Waals surface area (Å²) in [6.45, 7) is 0. The van der Waals surface area contributed by atoms with Crippen molar-refractivity contribution in [3.8, 4) is 0 Å². The van der Waals surface area contributed by atoms with Crippen LogP contribution in [-0.4, -0.2) is 8.42 Å². The van der Waals surface area contributed by atoms with Crippen molar-refractivity contribution in [3.05, 3.63) is 59.9 Å². The molecule has 0 amide bonds. The third kappa shape index (κ3) is 3.69. The van der Waals surface area contributed by atoms with Gasteiger partial charge in [0.15, 0.2) is 0 Å². The van der Waals surface area contributed by atoms with E-state index in [-0.39, 0.29) is 17.1 Å². The van der Waals surface area contributed by atoms with Gasteiger partial charge in [-0.05, 0) is 23.8 Å². The van der Waals surface area contributed by atoms with Crippen molar-refractivity contribution in [3.63, 3.8) is 0 Å². The highest BCUT2D eigenvalue weighted by Gasteiger charge is 2.12. The molecule has 6 heteroatoms. The molecule has 0 bridgehead atoms. The minimum Gasteiger partial charge on any atom is -0.396 e. The first-order valence-electron chi connectivity index (χ1n) is 5.56. The van der Waals surface area contributed by atoms with Gasteiger partial charge in [-0.3, -0.25) is 4.72 Å². The number of halogens is 1. The maximum Gasteiger partial charge on any atom is 0.236 e. The first kappa shape index (κ1) is 13.4. The van der Waals surface area contributed by atoms with Gasteiger partial charge in [0.2, 0.25) is 10.0 Å². The molecule has 0 aliphatic rings. The highest BCUT2D eigenvalue weighted by atomic mass is 32.2. The molecule has 2 aromatic carbocycles. The van der Waals surface area contributed by atoms with Crippen LogP contribution in [0.4, 0.5) is 15.8 Å². The molecule has 2 aromatic rings.